The zero-order valence-corrected chi connectivity index (χ0v) is 22.3. The van der Waals surface area contributed by atoms with Crippen molar-refractivity contribution < 1.29 is 33.0 Å². The summed E-state index contributed by atoms with van der Waals surface area (Å²) in [6.07, 6.45) is -0.764. The Morgan fingerprint density at radius 3 is 2.68 bits per heavy atom. The minimum absolute atomic E-state index is 0.165. The molecule has 14 nitrogen and oxygen atoms in total. The summed E-state index contributed by atoms with van der Waals surface area (Å²) in [6, 6.07) is 7.28. The van der Waals surface area contributed by atoms with Gasteiger partial charge in [-0.25, -0.2) is 19.0 Å². The van der Waals surface area contributed by atoms with Gasteiger partial charge in [0, 0.05) is 0 Å². The van der Waals surface area contributed by atoms with Crippen LogP contribution < -0.4 is 21.1 Å². The highest BCUT2D eigenvalue weighted by atomic mass is 31.2. The fraction of sp³-hybridized carbons (Fsp3) is 0.478. The number of aromatic nitrogens is 4. The molecular formula is C23H32N7O7P. The van der Waals surface area contributed by atoms with Crippen molar-refractivity contribution in [1.82, 2.24) is 24.7 Å². The van der Waals surface area contributed by atoms with Crippen LogP contribution >= 0.6 is 7.75 Å². The third-order valence-electron chi connectivity index (χ3n) is 5.93. The Balaban J connectivity index is 1.54. The molecule has 0 aliphatic carbocycles. The summed E-state index contributed by atoms with van der Waals surface area (Å²) in [5.41, 5.74) is 11.8. The number of hydrogen-bond donors (Lipinski definition) is 4. The maximum absolute atomic E-state index is 13.8. The van der Waals surface area contributed by atoms with Gasteiger partial charge in [0.1, 0.15) is 36.4 Å². The normalized spacial score (nSPS) is 25.8. The lowest BCUT2D eigenvalue weighted by Crippen LogP contribution is -2.51. The molecule has 38 heavy (non-hydrogen) atoms. The van der Waals surface area contributed by atoms with Crippen LogP contribution in [-0.4, -0.2) is 67.2 Å². The summed E-state index contributed by atoms with van der Waals surface area (Å²) in [4.78, 5) is 20.5. The zero-order chi connectivity index (χ0) is 27.7. The van der Waals surface area contributed by atoms with Gasteiger partial charge in [0.2, 0.25) is 0 Å². The average molecular weight is 550 g/mol. The van der Waals surface area contributed by atoms with Gasteiger partial charge in [-0.1, -0.05) is 18.2 Å². The zero-order valence-electron chi connectivity index (χ0n) is 21.4. The monoisotopic (exact) mass is 549 g/mol. The van der Waals surface area contributed by atoms with Crippen LogP contribution in [-0.2, 0) is 23.4 Å². The number of fused-ring (bicyclic) bond motifs is 1. The Bertz CT molecular complexity index is 1320. The van der Waals surface area contributed by atoms with Gasteiger partial charge in [-0.3, -0.25) is 9.32 Å². The minimum Gasteiger partial charge on any atom is -0.462 e. The molecule has 206 valence electrons. The molecule has 0 amide bonds. The van der Waals surface area contributed by atoms with Crippen LogP contribution in [0.4, 0.5) is 5.82 Å². The minimum atomic E-state index is -4.18. The molecule has 0 spiro atoms. The molecule has 1 aliphatic heterocycles. The molecule has 1 aliphatic rings. The molecule has 0 bridgehead atoms. The number of carbonyl (C=O) groups excluding carboxylic acids is 1. The first kappa shape index (κ1) is 27.9. The van der Waals surface area contributed by atoms with Gasteiger partial charge in [0.25, 0.3) is 0 Å². The summed E-state index contributed by atoms with van der Waals surface area (Å²) in [6.45, 7) is 6.09. The molecule has 6 atom stereocenters. The molecule has 1 fully saturated rings. The van der Waals surface area contributed by atoms with Crippen LogP contribution in [0.3, 0.4) is 0 Å². The topological polar surface area (TPSA) is 198 Å². The van der Waals surface area contributed by atoms with E-state index in [1.807, 2.05) is 0 Å². The van der Waals surface area contributed by atoms with Crippen LogP contribution in [0.2, 0.25) is 0 Å². The molecule has 0 radical (unpaired) electrons. The molecule has 15 heteroatoms. The Hall–Kier alpha value is -3.13. The number of ether oxygens (including phenoxy) is 2. The van der Waals surface area contributed by atoms with Crippen LogP contribution in [0, 0.1) is 0 Å². The number of rotatable bonds is 10. The lowest BCUT2D eigenvalue weighted by molar-refractivity contribution is -0.149. The first-order chi connectivity index (χ1) is 17.9. The van der Waals surface area contributed by atoms with Crippen molar-refractivity contribution in [1.29, 1.82) is 0 Å². The smallest absolute Gasteiger partial charge is 0.459 e. The van der Waals surface area contributed by atoms with E-state index in [-0.39, 0.29) is 24.3 Å². The lowest BCUT2D eigenvalue weighted by atomic mass is 9.88. The lowest BCUT2D eigenvalue weighted by Gasteiger charge is -2.27. The maximum Gasteiger partial charge on any atom is 0.459 e. The number of anilines is 1. The molecule has 1 unspecified atom stereocenters. The number of nitrogens with two attached hydrogens (primary N) is 2. The maximum atomic E-state index is 13.8. The van der Waals surface area contributed by atoms with Crippen LogP contribution in [0.15, 0.2) is 42.9 Å². The van der Waals surface area contributed by atoms with Crippen molar-refractivity contribution in [3.63, 3.8) is 0 Å². The highest BCUT2D eigenvalue weighted by molar-refractivity contribution is 7.52. The van der Waals surface area contributed by atoms with Crippen molar-refractivity contribution in [2.45, 2.75) is 63.7 Å². The fourth-order valence-corrected chi connectivity index (χ4v) is 5.51. The van der Waals surface area contributed by atoms with Crippen molar-refractivity contribution in [2.24, 2.45) is 5.73 Å². The second-order valence-corrected chi connectivity index (χ2v) is 11.2. The van der Waals surface area contributed by atoms with Gasteiger partial charge >= 0.3 is 13.7 Å². The van der Waals surface area contributed by atoms with Crippen LogP contribution in [0.1, 0.15) is 39.5 Å². The predicted octanol–water partition coefficient (Wildman–Crippen LogP) is 1.36. The van der Waals surface area contributed by atoms with E-state index in [2.05, 4.69) is 20.2 Å². The van der Waals surface area contributed by atoms with Crippen molar-refractivity contribution in [3.8, 4) is 5.75 Å². The highest BCUT2D eigenvalue weighted by Gasteiger charge is 2.53. The number of imidazole rings is 1. The first-order valence-corrected chi connectivity index (χ1v) is 13.5. The Morgan fingerprint density at radius 2 is 2.00 bits per heavy atom. The summed E-state index contributed by atoms with van der Waals surface area (Å²) in [5, 5.41) is 17.8. The molecule has 1 aromatic carbocycles. The molecule has 1 saturated heterocycles. The third-order valence-corrected chi connectivity index (χ3v) is 7.57. The van der Waals surface area contributed by atoms with Crippen molar-refractivity contribution in [3.05, 3.63) is 48.5 Å². The Kier molecular flexibility index (Phi) is 8.02. The number of nitrogens with zero attached hydrogens (tertiary/aromatic N) is 4. The molecule has 6 N–H and O–H groups in total. The Labute approximate surface area is 219 Å². The number of esters is 1. The summed E-state index contributed by atoms with van der Waals surface area (Å²) in [7, 11) is -4.18. The number of para-hydroxylation sites is 1. The van der Waals surface area contributed by atoms with Gasteiger partial charge in [-0.15, -0.1) is 0 Å². The van der Waals surface area contributed by atoms with Gasteiger partial charge < -0.3 is 30.6 Å². The number of carbonyl (C=O) groups is 1. The number of hydrogen-bond acceptors (Lipinski definition) is 12. The third kappa shape index (κ3) is 5.80. The SMILES string of the molecule is CC(C)OC(=O)[C@H](C)N[P@@](=O)(OC[C@H]1OC(c2cnc3c(N)ncnn23)[C@](C)(N)[C@@H]1O)Oc1ccccc1. The molecule has 2 aromatic heterocycles. The molecule has 0 saturated carbocycles. The molecular weight excluding hydrogens is 517 g/mol. The van der Waals surface area contributed by atoms with E-state index in [4.69, 9.17) is 30.0 Å². The van der Waals surface area contributed by atoms with E-state index >= 15 is 0 Å². The van der Waals surface area contributed by atoms with Crippen LogP contribution in [0.5, 0.6) is 5.75 Å². The highest BCUT2D eigenvalue weighted by Crippen LogP contribution is 2.47. The number of aliphatic hydroxyl groups is 1. The van der Waals surface area contributed by atoms with Gasteiger partial charge in [0.05, 0.1) is 30.1 Å². The van der Waals surface area contributed by atoms with Crippen LogP contribution in [0.25, 0.3) is 5.65 Å². The van der Waals surface area contributed by atoms with Gasteiger partial charge in [0.15, 0.2) is 11.5 Å². The fourth-order valence-electron chi connectivity index (χ4n) is 4.01. The predicted molar refractivity (Wildman–Crippen MR) is 136 cm³/mol. The van der Waals surface area contributed by atoms with E-state index in [0.717, 1.165) is 0 Å². The molecule has 4 rings (SSSR count). The van der Waals surface area contributed by atoms with Crippen molar-refractivity contribution >= 4 is 25.2 Å². The summed E-state index contributed by atoms with van der Waals surface area (Å²) in [5.74, 6) is -0.232. The standard InChI is InChI=1S/C23H32N7O7P/c1-13(2)35-22(32)14(3)29-38(33,37-15-8-6-5-7-9-15)34-11-17-18(31)23(4,25)19(36-17)16-10-26-21-20(24)27-12-28-30(16)21/h5-10,12-14,17-19,31H,11,25H2,1-4H3,(H,29,33)(H2,24,27,28)/t14-,17+,18+,19?,23+,38+/m0/s1. The summed E-state index contributed by atoms with van der Waals surface area (Å²) < 4.78 is 37.8. The number of aliphatic hydroxyl groups excluding tert-OH is 1. The number of nitrogen functional groups attached to an aromatic ring is 1. The van der Waals surface area contributed by atoms with Gasteiger partial charge in [-0.05, 0) is 39.8 Å². The van der Waals surface area contributed by atoms with E-state index in [1.165, 1.54) is 24.0 Å². The molecule has 3 aromatic rings. The number of nitrogens with one attached hydrogen (secondary N) is 1. The number of benzene rings is 1. The Morgan fingerprint density at radius 1 is 1.29 bits per heavy atom. The first-order valence-electron chi connectivity index (χ1n) is 12.0. The van der Waals surface area contributed by atoms with E-state index < -0.39 is 43.6 Å². The van der Waals surface area contributed by atoms with E-state index in [0.29, 0.717) is 11.3 Å². The van der Waals surface area contributed by atoms with E-state index in [1.54, 1.807) is 51.1 Å². The quantitative estimate of drug-likeness (QED) is 0.209. The van der Waals surface area contributed by atoms with Crippen molar-refractivity contribution in [2.75, 3.05) is 12.3 Å². The average Bonchev–Trinajstić information content (AvgIpc) is 3.37. The second kappa shape index (κ2) is 10.9. The van der Waals surface area contributed by atoms with Gasteiger partial charge in [-0.2, -0.15) is 10.2 Å². The molecule has 3 heterocycles. The largest absolute Gasteiger partial charge is 0.462 e. The summed E-state index contributed by atoms with van der Waals surface area (Å²) >= 11 is 0. The van der Waals surface area contributed by atoms with E-state index in [9.17, 15) is 14.5 Å². The second-order valence-electron chi connectivity index (χ2n) is 9.46.